The Hall–Kier alpha value is -2.62. The van der Waals surface area contributed by atoms with Crippen LogP contribution in [0, 0.1) is 0 Å². The molecular weight excluding hydrogens is 360 g/mol. The number of benzene rings is 2. The van der Waals surface area contributed by atoms with Gasteiger partial charge in [-0.05, 0) is 24.0 Å². The van der Waals surface area contributed by atoms with Gasteiger partial charge in [0.15, 0.2) is 0 Å². The topological polar surface area (TPSA) is 49.4 Å². The monoisotopic (exact) mass is 394 g/mol. The third-order valence-electron chi connectivity index (χ3n) is 5.01. The van der Waals surface area contributed by atoms with Crippen molar-refractivity contribution in [2.24, 2.45) is 0 Å². The standard InChI is InChI=1S/C25H34N2O2/c1-3-5-12-18-26-25(29)23(19-21-14-8-6-9-15-21)27(24(28)13-4-2)20-22-16-10-7-11-17-22/h6-11,14-17,23H,3-5,12-13,18-20H2,1-2H3,(H,26,29)/t23-/m0/s1. The first-order valence-electron chi connectivity index (χ1n) is 10.8. The van der Waals surface area contributed by atoms with Crippen molar-refractivity contribution in [3.63, 3.8) is 0 Å². The molecule has 0 aliphatic heterocycles. The zero-order valence-corrected chi connectivity index (χ0v) is 17.8. The molecule has 0 fully saturated rings. The van der Waals surface area contributed by atoms with Gasteiger partial charge in [-0.15, -0.1) is 0 Å². The number of carbonyl (C=O) groups is 2. The smallest absolute Gasteiger partial charge is 0.243 e. The van der Waals surface area contributed by atoms with E-state index in [0.29, 0.717) is 25.9 Å². The van der Waals surface area contributed by atoms with Crippen LogP contribution in [0.1, 0.15) is 57.1 Å². The molecule has 0 aliphatic carbocycles. The summed E-state index contributed by atoms with van der Waals surface area (Å²) in [6, 6.07) is 19.3. The van der Waals surface area contributed by atoms with E-state index in [2.05, 4.69) is 12.2 Å². The van der Waals surface area contributed by atoms with Crippen molar-refractivity contribution < 1.29 is 9.59 Å². The Balaban J connectivity index is 2.25. The Bertz CT molecular complexity index is 731. The molecule has 0 heterocycles. The van der Waals surface area contributed by atoms with Crippen LogP contribution in [-0.4, -0.2) is 29.3 Å². The van der Waals surface area contributed by atoms with Crippen LogP contribution in [0.4, 0.5) is 0 Å². The summed E-state index contributed by atoms with van der Waals surface area (Å²) in [4.78, 5) is 27.9. The van der Waals surface area contributed by atoms with E-state index in [4.69, 9.17) is 0 Å². The number of amides is 2. The molecule has 0 bridgehead atoms. The van der Waals surface area contributed by atoms with E-state index < -0.39 is 6.04 Å². The van der Waals surface area contributed by atoms with Gasteiger partial charge in [-0.2, -0.15) is 0 Å². The van der Waals surface area contributed by atoms with Crippen molar-refractivity contribution in [3.05, 3.63) is 71.8 Å². The number of carbonyl (C=O) groups excluding carboxylic acids is 2. The lowest BCUT2D eigenvalue weighted by atomic mass is 10.0. The highest BCUT2D eigenvalue weighted by atomic mass is 16.2. The Morgan fingerprint density at radius 3 is 2.07 bits per heavy atom. The number of hydrogen-bond donors (Lipinski definition) is 1. The zero-order valence-electron chi connectivity index (χ0n) is 17.8. The maximum Gasteiger partial charge on any atom is 0.243 e. The van der Waals surface area contributed by atoms with E-state index in [-0.39, 0.29) is 11.8 Å². The molecule has 0 radical (unpaired) electrons. The third kappa shape index (κ3) is 7.72. The van der Waals surface area contributed by atoms with Crippen molar-refractivity contribution in [1.82, 2.24) is 10.2 Å². The minimum Gasteiger partial charge on any atom is -0.354 e. The number of nitrogens with one attached hydrogen (secondary N) is 1. The number of unbranched alkanes of at least 4 members (excludes halogenated alkanes) is 2. The Morgan fingerprint density at radius 1 is 0.862 bits per heavy atom. The minimum atomic E-state index is -0.515. The first kappa shape index (κ1) is 22.7. The lowest BCUT2D eigenvalue weighted by Crippen LogP contribution is -2.50. The summed E-state index contributed by atoms with van der Waals surface area (Å²) in [5.74, 6) is -0.0358. The van der Waals surface area contributed by atoms with Gasteiger partial charge in [0.05, 0.1) is 0 Å². The van der Waals surface area contributed by atoms with Crippen molar-refractivity contribution in [2.75, 3.05) is 6.54 Å². The summed E-state index contributed by atoms with van der Waals surface area (Å²) < 4.78 is 0. The first-order valence-corrected chi connectivity index (χ1v) is 10.8. The average molecular weight is 395 g/mol. The van der Waals surface area contributed by atoms with Gasteiger partial charge in [0.25, 0.3) is 0 Å². The second-order valence-corrected chi connectivity index (χ2v) is 7.46. The number of rotatable bonds is 12. The van der Waals surface area contributed by atoms with E-state index in [9.17, 15) is 9.59 Å². The molecule has 2 rings (SSSR count). The van der Waals surface area contributed by atoms with Gasteiger partial charge >= 0.3 is 0 Å². The molecule has 0 spiro atoms. The molecule has 29 heavy (non-hydrogen) atoms. The van der Waals surface area contributed by atoms with Crippen LogP contribution in [0.25, 0.3) is 0 Å². The van der Waals surface area contributed by atoms with Crippen molar-refractivity contribution in [3.8, 4) is 0 Å². The van der Waals surface area contributed by atoms with Crippen LogP contribution in [0.3, 0.4) is 0 Å². The van der Waals surface area contributed by atoms with E-state index in [1.807, 2.05) is 67.6 Å². The molecule has 1 atom stereocenters. The van der Waals surface area contributed by atoms with E-state index in [1.165, 1.54) is 0 Å². The van der Waals surface area contributed by atoms with E-state index in [1.54, 1.807) is 4.90 Å². The Labute approximate surface area is 175 Å². The molecule has 1 N–H and O–H groups in total. The van der Waals surface area contributed by atoms with Crippen LogP contribution >= 0.6 is 0 Å². The van der Waals surface area contributed by atoms with Gasteiger partial charge in [-0.25, -0.2) is 0 Å². The van der Waals surface area contributed by atoms with E-state index >= 15 is 0 Å². The zero-order chi connectivity index (χ0) is 20.9. The third-order valence-corrected chi connectivity index (χ3v) is 5.01. The fourth-order valence-electron chi connectivity index (χ4n) is 3.40. The SMILES string of the molecule is CCCCCNC(=O)[C@H](Cc1ccccc1)N(Cc1ccccc1)C(=O)CCC. The largest absolute Gasteiger partial charge is 0.354 e. The predicted molar refractivity (Wildman–Crippen MR) is 118 cm³/mol. The van der Waals surface area contributed by atoms with Gasteiger partial charge in [0.1, 0.15) is 6.04 Å². The Kier molecular flexibility index (Phi) is 9.98. The molecule has 2 amide bonds. The first-order chi connectivity index (χ1) is 14.2. The van der Waals surface area contributed by atoms with Gasteiger partial charge in [-0.1, -0.05) is 87.4 Å². The van der Waals surface area contributed by atoms with Crippen molar-refractivity contribution in [1.29, 1.82) is 0 Å². The maximum absolute atomic E-state index is 13.1. The fraction of sp³-hybridized carbons (Fsp3) is 0.440. The molecule has 4 nitrogen and oxygen atoms in total. The van der Waals surface area contributed by atoms with Gasteiger partial charge < -0.3 is 10.2 Å². The number of nitrogens with zero attached hydrogens (tertiary/aromatic N) is 1. The van der Waals surface area contributed by atoms with Crippen molar-refractivity contribution >= 4 is 11.8 Å². The highest BCUT2D eigenvalue weighted by molar-refractivity contribution is 5.88. The average Bonchev–Trinajstić information content (AvgIpc) is 2.75. The molecule has 0 saturated heterocycles. The quantitative estimate of drug-likeness (QED) is 0.529. The second-order valence-electron chi connectivity index (χ2n) is 7.46. The molecule has 156 valence electrons. The van der Waals surface area contributed by atoms with Crippen LogP contribution in [0.2, 0.25) is 0 Å². The van der Waals surface area contributed by atoms with Crippen LogP contribution in [0.5, 0.6) is 0 Å². The molecule has 4 heteroatoms. The summed E-state index contributed by atoms with van der Waals surface area (Å²) in [6.45, 7) is 5.24. The summed E-state index contributed by atoms with van der Waals surface area (Å²) in [5, 5.41) is 3.07. The predicted octanol–water partition coefficient (Wildman–Crippen LogP) is 4.73. The molecule has 0 unspecified atom stereocenters. The normalized spacial score (nSPS) is 11.7. The van der Waals surface area contributed by atoms with E-state index in [0.717, 1.165) is 36.8 Å². The minimum absolute atomic E-state index is 0.0287. The Morgan fingerprint density at radius 2 is 1.48 bits per heavy atom. The van der Waals surface area contributed by atoms with Crippen LogP contribution in [-0.2, 0) is 22.6 Å². The van der Waals surface area contributed by atoms with Gasteiger partial charge in [0, 0.05) is 25.9 Å². The fourth-order valence-corrected chi connectivity index (χ4v) is 3.40. The van der Waals surface area contributed by atoms with Gasteiger partial charge in [0.2, 0.25) is 11.8 Å². The summed E-state index contributed by atoms with van der Waals surface area (Å²) in [6.07, 6.45) is 4.89. The molecule has 0 aliphatic rings. The second kappa shape index (κ2) is 12.8. The molecule has 0 aromatic heterocycles. The molecule has 0 saturated carbocycles. The summed E-state index contributed by atoms with van der Waals surface area (Å²) >= 11 is 0. The highest BCUT2D eigenvalue weighted by Crippen LogP contribution is 2.16. The lowest BCUT2D eigenvalue weighted by Gasteiger charge is -2.31. The van der Waals surface area contributed by atoms with Crippen molar-refractivity contribution in [2.45, 2.75) is 65.0 Å². The number of hydrogen-bond acceptors (Lipinski definition) is 2. The summed E-state index contributed by atoms with van der Waals surface area (Å²) in [5.41, 5.74) is 2.09. The molecule has 2 aromatic rings. The van der Waals surface area contributed by atoms with Crippen LogP contribution in [0.15, 0.2) is 60.7 Å². The maximum atomic E-state index is 13.1. The summed E-state index contributed by atoms with van der Waals surface area (Å²) in [7, 11) is 0. The molecular formula is C25H34N2O2. The van der Waals surface area contributed by atoms with Crippen LogP contribution < -0.4 is 5.32 Å². The molecule has 2 aromatic carbocycles. The lowest BCUT2D eigenvalue weighted by molar-refractivity contribution is -0.141. The highest BCUT2D eigenvalue weighted by Gasteiger charge is 2.29. The van der Waals surface area contributed by atoms with Gasteiger partial charge in [-0.3, -0.25) is 9.59 Å².